The molecule has 1 aromatic heterocycles. The van der Waals surface area contributed by atoms with Gasteiger partial charge in [-0.3, -0.25) is 0 Å². The summed E-state index contributed by atoms with van der Waals surface area (Å²) in [5.41, 5.74) is 6.70. The van der Waals surface area contributed by atoms with E-state index < -0.39 is 0 Å². The number of ether oxygens (including phenoxy) is 1. The zero-order valence-electron chi connectivity index (χ0n) is 10.8. The summed E-state index contributed by atoms with van der Waals surface area (Å²) < 4.78 is 7.32. The van der Waals surface area contributed by atoms with E-state index in [4.69, 9.17) is 22.1 Å². The Morgan fingerprint density at radius 1 is 1.37 bits per heavy atom. The number of halogens is 1. The van der Waals surface area contributed by atoms with Crippen molar-refractivity contribution in [3.63, 3.8) is 0 Å². The molecule has 2 rings (SSSR count). The third kappa shape index (κ3) is 3.94. The van der Waals surface area contributed by atoms with Crippen molar-refractivity contribution >= 4 is 11.6 Å². The minimum atomic E-state index is -0.0501. The second-order valence-electron chi connectivity index (χ2n) is 4.22. The maximum atomic E-state index is 5.88. The van der Waals surface area contributed by atoms with Gasteiger partial charge in [0.15, 0.2) is 0 Å². The van der Waals surface area contributed by atoms with Crippen molar-refractivity contribution in [3.8, 4) is 5.75 Å². The smallest absolute Gasteiger partial charge is 0.119 e. The van der Waals surface area contributed by atoms with Crippen LogP contribution in [0.3, 0.4) is 0 Å². The number of nitrogens with two attached hydrogens (primary N) is 1. The van der Waals surface area contributed by atoms with Crippen LogP contribution in [0.4, 0.5) is 0 Å². The van der Waals surface area contributed by atoms with Gasteiger partial charge in [0.25, 0.3) is 0 Å². The molecule has 0 aliphatic heterocycles. The first-order valence-electron chi connectivity index (χ1n) is 6.23. The van der Waals surface area contributed by atoms with E-state index in [0.717, 1.165) is 17.9 Å². The van der Waals surface area contributed by atoms with Gasteiger partial charge in [-0.2, -0.15) is 0 Å². The maximum absolute atomic E-state index is 5.88. The molecule has 2 aromatic rings. The van der Waals surface area contributed by atoms with Gasteiger partial charge in [-0.15, -0.1) is 5.10 Å². The lowest BCUT2D eigenvalue weighted by atomic mass is 10.2. The van der Waals surface area contributed by atoms with Crippen LogP contribution in [-0.4, -0.2) is 21.6 Å². The molecule has 19 heavy (non-hydrogen) atoms. The monoisotopic (exact) mass is 280 g/mol. The number of hydrogen-bond acceptors (Lipinski definition) is 4. The van der Waals surface area contributed by atoms with Crippen molar-refractivity contribution < 1.29 is 4.74 Å². The van der Waals surface area contributed by atoms with Gasteiger partial charge in [0.05, 0.1) is 24.5 Å². The molecule has 1 aromatic carbocycles. The molecular formula is C13H17ClN4O. The highest BCUT2D eigenvalue weighted by Gasteiger charge is 2.07. The molecule has 0 saturated carbocycles. The highest BCUT2D eigenvalue weighted by atomic mass is 35.5. The molecule has 0 aliphatic rings. The van der Waals surface area contributed by atoms with E-state index in [2.05, 4.69) is 10.3 Å². The number of nitrogens with zero attached hydrogens (tertiary/aromatic N) is 3. The Balaban J connectivity index is 1.82. The number of benzene rings is 1. The first-order chi connectivity index (χ1) is 9.19. The molecule has 0 fully saturated rings. The van der Waals surface area contributed by atoms with E-state index in [1.165, 1.54) is 0 Å². The normalized spacial score (nSPS) is 12.4. The van der Waals surface area contributed by atoms with E-state index in [0.29, 0.717) is 18.2 Å². The van der Waals surface area contributed by atoms with Gasteiger partial charge in [0.1, 0.15) is 12.4 Å². The standard InChI is InChI=1S/C13H17ClN4O/c1-2-12(15)13-9-18(17-16-13)7-8-19-11-5-3-10(14)4-6-11/h3-6,9,12H,2,7-8,15H2,1H3. The molecule has 0 saturated heterocycles. The van der Waals surface area contributed by atoms with Crippen molar-refractivity contribution in [1.29, 1.82) is 0 Å². The second-order valence-corrected chi connectivity index (χ2v) is 4.66. The summed E-state index contributed by atoms with van der Waals surface area (Å²) in [4.78, 5) is 0. The van der Waals surface area contributed by atoms with E-state index in [1.54, 1.807) is 16.8 Å². The third-order valence-corrected chi connectivity index (χ3v) is 3.03. The van der Waals surface area contributed by atoms with E-state index >= 15 is 0 Å². The highest BCUT2D eigenvalue weighted by Crippen LogP contribution is 2.15. The van der Waals surface area contributed by atoms with E-state index in [1.807, 2.05) is 25.3 Å². The van der Waals surface area contributed by atoms with Gasteiger partial charge in [0.2, 0.25) is 0 Å². The summed E-state index contributed by atoms with van der Waals surface area (Å²) in [6.07, 6.45) is 2.71. The lowest BCUT2D eigenvalue weighted by Gasteiger charge is -2.06. The van der Waals surface area contributed by atoms with Gasteiger partial charge < -0.3 is 10.5 Å². The van der Waals surface area contributed by atoms with Crippen LogP contribution < -0.4 is 10.5 Å². The SMILES string of the molecule is CCC(N)c1cn(CCOc2ccc(Cl)cc2)nn1. The number of rotatable bonds is 6. The second kappa shape index (κ2) is 6.54. The largest absolute Gasteiger partial charge is 0.492 e. The van der Waals surface area contributed by atoms with Crippen LogP contribution in [0.2, 0.25) is 5.02 Å². The fourth-order valence-electron chi connectivity index (χ4n) is 1.59. The molecule has 0 aliphatic carbocycles. The van der Waals surface area contributed by atoms with Crippen molar-refractivity contribution in [3.05, 3.63) is 41.2 Å². The summed E-state index contributed by atoms with van der Waals surface area (Å²) >= 11 is 5.80. The Kier molecular flexibility index (Phi) is 4.76. The Morgan fingerprint density at radius 3 is 2.79 bits per heavy atom. The molecule has 5 nitrogen and oxygen atoms in total. The van der Waals surface area contributed by atoms with Crippen LogP contribution in [-0.2, 0) is 6.54 Å². The van der Waals surface area contributed by atoms with Crippen LogP contribution in [0.25, 0.3) is 0 Å². The fourth-order valence-corrected chi connectivity index (χ4v) is 1.72. The summed E-state index contributed by atoms with van der Waals surface area (Å²) in [6.45, 7) is 3.17. The fraction of sp³-hybridized carbons (Fsp3) is 0.385. The van der Waals surface area contributed by atoms with Gasteiger partial charge in [0, 0.05) is 5.02 Å². The molecular weight excluding hydrogens is 264 g/mol. The molecule has 0 radical (unpaired) electrons. The zero-order valence-corrected chi connectivity index (χ0v) is 11.5. The predicted octanol–water partition coefficient (Wildman–Crippen LogP) is 2.42. The van der Waals surface area contributed by atoms with E-state index in [-0.39, 0.29) is 6.04 Å². The summed E-state index contributed by atoms with van der Waals surface area (Å²) in [5, 5.41) is 8.75. The lowest BCUT2D eigenvalue weighted by Crippen LogP contribution is -2.10. The Bertz CT molecular complexity index is 512. The van der Waals surface area contributed by atoms with Crippen molar-refractivity contribution in [2.75, 3.05) is 6.61 Å². The third-order valence-electron chi connectivity index (χ3n) is 2.78. The van der Waals surface area contributed by atoms with Gasteiger partial charge >= 0.3 is 0 Å². The average Bonchev–Trinajstić information content (AvgIpc) is 2.89. The maximum Gasteiger partial charge on any atom is 0.119 e. The van der Waals surface area contributed by atoms with Crippen LogP contribution in [0.1, 0.15) is 25.1 Å². The molecule has 0 spiro atoms. The van der Waals surface area contributed by atoms with Crippen LogP contribution in [0, 0.1) is 0 Å². The predicted molar refractivity (Wildman–Crippen MR) is 74.2 cm³/mol. The van der Waals surface area contributed by atoms with Crippen molar-refractivity contribution in [2.24, 2.45) is 5.73 Å². The Hall–Kier alpha value is -1.59. The minimum absolute atomic E-state index is 0.0501. The summed E-state index contributed by atoms with van der Waals surface area (Å²) in [7, 11) is 0. The summed E-state index contributed by atoms with van der Waals surface area (Å²) in [5.74, 6) is 0.787. The van der Waals surface area contributed by atoms with Gasteiger partial charge in [-0.1, -0.05) is 23.7 Å². The van der Waals surface area contributed by atoms with Gasteiger partial charge in [-0.05, 0) is 30.7 Å². The topological polar surface area (TPSA) is 66.0 Å². The summed E-state index contributed by atoms with van der Waals surface area (Å²) in [6, 6.07) is 7.21. The quantitative estimate of drug-likeness (QED) is 0.882. The Morgan fingerprint density at radius 2 is 2.11 bits per heavy atom. The Labute approximate surface area is 117 Å². The molecule has 1 unspecified atom stereocenters. The van der Waals surface area contributed by atoms with Crippen LogP contribution in [0.5, 0.6) is 5.75 Å². The molecule has 102 valence electrons. The van der Waals surface area contributed by atoms with E-state index in [9.17, 15) is 0 Å². The van der Waals surface area contributed by atoms with Crippen LogP contribution in [0.15, 0.2) is 30.5 Å². The number of hydrogen-bond donors (Lipinski definition) is 1. The lowest BCUT2D eigenvalue weighted by molar-refractivity contribution is 0.289. The molecule has 1 heterocycles. The molecule has 0 amide bonds. The van der Waals surface area contributed by atoms with Crippen molar-refractivity contribution in [2.45, 2.75) is 25.9 Å². The molecule has 6 heteroatoms. The zero-order chi connectivity index (χ0) is 13.7. The highest BCUT2D eigenvalue weighted by molar-refractivity contribution is 6.30. The van der Waals surface area contributed by atoms with Crippen LogP contribution >= 0.6 is 11.6 Å². The molecule has 1 atom stereocenters. The first-order valence-corrected chi connectivity index (χ1v) is 6.61. The minimum Gasteiger partial charge on any atom is -0.492 e. The number of aromatic nitrogens is 3. The van der Waals surface area contributed by atoms with Crippen molar-refractivity contribution in [1.82, 2.24) is 15.0 Å². The average molecular weight is 281 g/mol. The molecule has 2 N–H and O–H groups in total. The molecule has 0 bridgehead atoms. The first kappa shape index (κ1) is 13.8. The van der Waals surface area contributed by atoms with Gasteiger partial charge in [-0.25, -0.2) is 4.68 Å².